The monoisotopic (exact) mass is 190 g/mol. The topological polar surface area (TPSA) is 41.1 Å². The van der Waals surface area contributed by atoms with E-state index in [1.54, 1.807) is 0 Å². The number of carbonyl (C=O) groups excluding carboxylic acids is 1. The maximum atomic E-state index is 11.6. The van der Waals surface area contributed by atoms with Crippen LogP contribution in [0.15, 0.2) is 18.2 Å². The molecule has 0 aromatic heterocycles. The first-order valence-electron chi connectivity index (χ1n) is 4.69. The molecule has 2 rings (SSSR count). The zero-order valence-corrected chi connectivity index (χ0v) is 8.64. The lowest BCUT2D eigenvalue weighted by molar-refractivity contribution is -0.119. The molecule has 1 heterocycles. The zero-order chi connectivity index (χ0) is 10.3. The molecular formula is C11H14N2O. The summed E-state index contributed by atoms with van der Waals surface area (Å²) >= 11 is 0. The molecule has 1 amide bonds. The first-order valence-corrected chi connectivity index (χ1v) is 4.69. The lowest BCUT2D eigenvalue weighted by Gasteiger charge is -2.32. The second-order valence-electron chi connectivity index (χ2n) is 4.25. The van der Waals surface area contributed by atoms with Crippen LogP contribution in [-0.4, -0.2) is 11.4 Å². The average molecular weight is 190 g/mol. The van der Waals surface area contributed by atoms with Crippen molar-refractivity contribution in [1.29, 1.82) is 0 Å². The van der Waals surface area contributed by atoms with E-state index in [1.165, 1.54) is 0 Å². The van der Waals surface area contributed by atoms with Gasteiger partial charge in [-0.3, -0.25) is 4.79 Å². The largest absolute Gasteiger partial charge is 0.370 e. The highest BCUT2D eigenvalue weighted by Gasteiger charge is 2.32. The fourth-order valence-electron chi connectivity index (χ4n) is 1.54. The fraction of sp³-hybridized carbons (Fsp3) is 0.364. The van der Waals surface area contributed by atoms with Crippen molar-refractivity contribution in [2.75, 3.05) is 10.6 Å². The van der Waals surface area contributed by atoms with Crippen LogP contribution < -0.4 is 10.6 Å². The van der Waals surface area contributed by atoms with E-state index in [0.29, 0.717) is 0 Å². The Morgan fingerprint density at radius 2 is 1.93 bits per heavy atom. The fourth-order valence-corrected chi connectivity index (χ4v) is 1.54. The van der Waals surface area contributed by atoms with Crippen LogP contribution in [0.5, 0.6) is 0 Å². The summed E-state index contributed by atoms with van der Waals surface area (Å²) in [4.78, 5) is 11.6. The Morgan fingerprint density at radius 3 is 2.64 bits per heavy atom. The number of hydrogen-bond donors (Lipinski definition) is 2. The van der Waals surface area contributed by atoms with Crippen molar-refractivity contribution in [2.24, 2.45) is 0 Å². The predicted octanol–water partition coefficient (Wildman–Crippen LogP) is 2.14. The number of nitrogens with one attached hydrogen (secondary N) is 2. The summed E-state index contributed by atoms with van der Waals surface area (Å²) in [5.74, 6) is 0.00981. The van der Waals surface area contributed by atoms with Gasteiger partial charge in [0.2, 0.25) is 5.91 Å². The van der Waals surface area contributed by atoms with E-state index in [4.69, 9.17) is 0 Å². The van der Waals surface area contributed by atoms with Gasteiger partial charge in [-0.2, -0.15) is 0 Å². The van der Waals surface area contributed by atoms with Gasteiger partial charge < -0.3 is 10.6 Å². The molecule has 1 aliphatic heterocycles. The molecular weight excluding hydrogens is 176 g/mol. The lowest BCUT2D eigenvalue weighted by atomic mass is 9.99. The summed E-state index contributed by atoms with van der Waals surface area (Å²) in [6.45, 7) is 5.74. The van der Waals surface area contributed by atoms with Gasteiger partial charge in [0.1, 0.15) is 5.54 Å². The summed E-state index contributed by atoms with van der Waals surface area (Å²) in [5.41, 5.74) is 2.47. The number of anilines is 2. The Bertz CT molecular complexity index is 396. The first-order chi connectivity index (χ1) is 6.49. The molecule has 0 saturated heterocycles. The smallest absolute Gasteiger partial charge is 0.249 e. The minimum atomic E-state index is -0.526. The second-order valence-corrected chi connectivity index (χ2v) is 4.25. The molecule has 1 aromatic carbocycles. The standard InChI is InChI=1S/C11H14N2O/c1-7-4-5-8-9(6-7)12-10(14)11(2,3)13-8/h4-6,13H,1-3H3,(H,12,14). The van der Waals surface area contributed by atoms with Crippen LogP contribution >= 0.6 is 0 Å². The highest BCUT2D eigenvalue weighted by atomic mass is 16.2. The average Bonchev–Trinajstić information content (AvgIpc) is 2.08. The van der Waals surface area contributed by atoms with Gasteiger partial charge in [0.05, 0.1) is 11.4 Å². The summed E-state index contributed by atoms with van der Waals surface area (Å²) in [6, 6.07) is 5.99. The summed E-state index contributed by atoms with van der Waals surface area (Å²) in [7, 11) is 0. The van der Waals surface area contributed by atoms with Crippen molar-refractivity contribution in [3.05, 3.63) is 23.8 Å². The number of benzene rings is 1. The Hall–Kier alpha value is -1.51. The molecule has 0 aliphatic carbocycles. The molecule has 0 radical (unpaired) electrons. The Balaban J connectivity index is 2.46. The Morgan fingerprint density at radius 1 is 1.21 bits per heavy atom. The third-order valence-electron chi connectivity index (χ3n) is 2.44. The number of rotatable bonds is 0. The minimum Gasteiger partial charge on any atom is -0.370 e. The van der Waals surface area contributed by atoms with Crippen LogP contribution in [0.25, 0.3) is 0 Å². The van der Waals surface area contributed by atoms with Crippen molar-refractivity contribution in [3.8, 4) is 0 Å². The van der Waals surface area contributed by atoms with Gasteiger partial charge >= 0.3 is 0 Å². The number of carbonyl (C=O) groups is 1. The van der Waals surface area contributed by atoms with Crippen LogP contribution in [0.2, 0.25) is 0 Å². The Labute approximate surface area is 83.5 Å². The van der Waals surface area contributed by atoms with Crippen molar-refractivity contribution in [2.45, 2.75) is 26.3 Å². The number of hydrogen-bond acceptors (Lipinski definition) is 2. The molecule has 0 bridgehead atoms. The van der Waals surface area contributed by atoms with Gasteiger partial charge in [0, 0.05) is 0 Å². The molecule has 14 heavy (non-hydrogen) atoms. The zero-order valence-electron chi connectivity index (χ0n) is 8.64. The van der Waals surface area contributed by atoms with Crippen molar-refractivity contribution in [1.82, 2.24) is 0 Å². The molecule has 0 spiro atoms. The summed E-state index contributed by atoms with van der Waals surface area (Å²) in [5, 5.41) is 6.09. The van der Waals surface area contributed by atoms with Gasteiger partial charge in [0.25, 0.3) is 0 Å². The van der Waals surface area contributed by atoms with Crippen LogP contribution in [0.3, 0.4) is 0 Å². The molecule has 1 aromatic rings. The van der Waals surface area contributed by atoms with Crippen LogP contribution in [0, 0.1) is 6.92 Å². The number of fused-ring (bicyclic) bond motifs is 1. The third-order valence-corrected chi connectivity index (χ3v) is 2.44. The van der Waals surface area contributed by atoms with Gasteiger partial charge in [-0.05, 0) is 38.5 Å². The van der Waals surface area contributed by atoms with E-state index in [0.717, 1.165) is 16.9 Å². The summed E-state index contributed by atoms with van der Waals surface area (Å²) in [6.07, 6.45) is 0. The second kappa shape index (κ2) is 2.74. The quantitative estimate of drug-likeness (QED) is 0.658. The van der Waals surface area contributed by atoms with Crippen molar-refractivity contribution in [3.63, 3.8) is 0 Å². The van der Waals surface area contributed by atoms with Crippen LogP contribution in [-0.2, 0) is 4.79 Å². The Kier molecular flexibility index (Phi) is 1.77. The molecule has 0 fully saturated rings. The van der Waals surface area contributed by atoms with E-state index in [-0.39, 0.29) is 5.91 Å². The molecule has 3 nitrogen and oxygen atoms in total. The van der Waals surface area contributed by atoms with E-state index in [9.17, 15) is 4.79 Å². The maximum Gasteiger partial charge on any atom is 0.249 e. The van der Waals surface area contributed by atoms with Crippen molar-refractivity contribution >= 4 is 17.3 Å². The van der Waals surface area contributed by atoms with Gasteiger partial charge in [0.15, 0.2) is 0 Å². The maximum absolute atomic E-state index is 11.6. The van der Waals surface area contributed by atoms with Gasteiger partial charge in [-0.25, -0.2) is 0 Å². The first kappa shape index (κ1) is 9.06. The van der Waals surface area contributed by atoms with E-state index < -0.39 is 5.54 Å². The summed E-state index contributed by atoms with van der Waals surface area (Å²) < 4.78 is 0. The van der Waals surface area contributed by atoms with Crippen LogP contribution in [0.4, 0.5) is 11.4 Å². The molecule has 74 valence electrons. The highest BCUT2D eigenvalue weighted by Crippen LogP contribution is 2.31. The predicted molar refractivity (Wildman–Crippen MR) is 57.5 cm³/mol. The molecule has 2 N–H and O–H groups in total. The molecule has 3 heteroatoms. The van der Waals surface area contributed by atoms with Crippen molar-refractivity contribution < 1.29 is 4.79 Å². The normalized spacial score (nSPS) is 18.1. The van der Waals surface area contributed by atoms with E-state index >= 15 is 0 Å². The van der Waals surface area contributed by atoms with Gasteiger partial charge in [-0.15, -0.1) is 0 Å². The number of amides is 1. The third kappa shape index (κ3) is 1.35. The molecule has 0 atom stereocenters. The minimum absolute atomic E-state index is 0.00981. The molecule has 0 saturated carbocycles. The SMILES string of the molecule is Cc1ccc2c(c1)NC(=O)C(C)(C)N2. The molecule has 0 unspecified atom stereocenters. The highest BCUT2D eigenvalue weighted by molar-refractivity contribution is 6.05. The molecule has 1 aliphatic rings. The van der Waals surface area contributed by atoms with Crippen LogP contribution in [0.1, 0.15) is 19.4 Å². The lowest BCUT2D eigenvalue weighted by Crippen LogP contribution is -2.47. The van der Waals surface area contributed by atoms with E-state index in [1.807, 2.05) is 39.0 Å². The number of aryl methyl sites for hydroxylation is 1. The van der Waals surface area contributed by atoms with Gasteiger partial charge in [-0.1, -0.05) is 6.07 Å². The van der Waals surface area contributed by atoms with E-state index in [2.05, 4.69) is 10.6 Å².